The summed E-state index contributed by atoms with van der Waals surface area (Å²) in [4.78, 5) is 60.2. The van der Waals surface area contributed by atoms with Crippen molar-refractivity contribution in [3.8, 4) is 0 Å². The van der Waals surface area contributed by atoms with E-state index in [2.05, 4.69) is 0 Å². The number of ether oxygens (including phenoxy) is 1. The molecule has 2 amide bonds. The van der Waals surface area contributed by atoms with Crippen LogP contribution in [0.25, 0.3) is 0 Å². The van der Waals surface area contributed by atoms with Crippen LogP contribution in [0.5, 0.6) is 0 Å². The number of nitrogens with zero attached hydrogens (tertiary/aromatic N) is 3. The lowest BCUT2D eigenvalue weighted by Gasteiger charge is -2.16. The number of hydrogen-bond acceptors (Lipinski definition) is 8. The van der Waals surface area contributed by atoms with Gasteiger partial charge in [0.1, 0.15) is 6.61 Å². The zero-order valence-corrected chi connectivity index (χ0v) is 17.6. The highest BCUT2D eigenvalue weighted by molar-refractivity contribution is 6.35. The summed E-state index contributed by atoms with van der Waals surface area (Å²) >= 11 is 0. The molecule has 0 N–H and O–H groups in total. The van der Waals surface area contributed by atoms with Gasteiger partial charge in [-0.25, -0.2) is 9.69 Å². The third-order valence-electron chi connectivity index (χ3n) is 5.30. The van der Waals surface area contributed by atoms with Crippen LogP contribution < -0.4 is 4.90 Å². The second-order valence-corrected chi connectivity index (χ2v) is 7.40. The van der Waals surface area contributed by atoms with Crippen LogP contribution in [0.3, 0.4) is 0 Å². The number of aryl methyl sites for hydroxylation is 1. The largest absolute Gasteiger partial charge is 0.457 e. The lowest BCUT2D eigenvalue weighted by Crippen LogP contribution is -2.30. The number of rotatable bonds is 6. The number of esters is 1. The van der Waals surface area contributed by atoms with Crippen LogP contribution in [0, 0.1) is 27.2 Å². The highest BCUT2D eigenvalue weighted by Gasteiger charge is 2.38. The quantitative estimate of drug-likeness (QED) is 0.232. The van der Waals surface area contributed by atoms with Crippen molar-refractivity contribution < 1.29 is 29.0 Å². The molecule has 0 unspecified atom stereocenters. The number of para-hydroxylation sites is 1. The van der Waals surface area contributed by atoms with Gasteiger partial charge in [0.05, 0.1) is 37.8 Å². The zero-order valence-electron chi connectivity index (χ0n) is 17.6. The molecule has 0 aliphatic carbocycles. The fourth-order valence-corrected chi connectivity index (χ4v) is 3.63. The van der Waals surface area contributed by atoms with Gasteiger partial charge in [-0.2, -0.15) is 0 Å². The molecule has 170 valence electrons. The number of amides is 2. The van der Waals surface area contributed by atoms with Crippen molar-refractivity contribution in [1.29, 1.82) is 0 Å². The average Bonchev–Trinajstić information content (AvgIpc) is 3.06. The SMILES string of the molecule is Cc1cc([N+](=O)[O-])ccc1N1C(=O)c2ccc(C(=O)OCc3ccccc3[N+](=O)[O-])cc2C1=O. The Hall–Kier alpha value is -4.93. The summed E-state index contributed by atoms with van der Waals surface area (Å²) in [5, 5.41) is 22.1. The lowest BCUT2D eigenvalue weighted by atomic mass is 10.1. The van der Waals surface area contributed by atoms with Crippen LogP contribution in [0.1, 0.15) is 42.2 Å². The zero-order chi connectivity index (χ0) is 24.6. The molecule has 0 bridgehead atoms. The summed E-state index contributed by atoms with van der Waals surface area (Å²) in [5.74, 6) is -2.15. The molecule has 0 aromatic heterocycles. The van der Waals surface area contributed by atoms with Gasteiger partial charge >= 0.3 is 5.97 Å². The molecule has 0 saturated carbocycles. The fourth-order valence-electron chi connectivity index (χ4n) is 3.63. The molecular formula is C23H15N3O8. The Kier molecular flexibility index (Phi) is 5.60. The van der Waals surface area contributed by atoms with Gasteiger partial charge in [-0.05, 0) is 42.8 Å². The number of carbonyl (C=O) groups excluding carboxylic acids is 3. The number of nitro benzene ring substituents is 2. The van der Waals surface area contributed by atoms with Crippen molar-refractivity contribution >= 4 is 34.8 Å². The molecule has 34 heavy (non-hydrogen) atoms. The topological polar surface area (TPSA) is 150 Å². The van der Waals surface area contributed by atoms with E-state index >= 15 is 0 Å². The third-order valence-corrected chi connectivity index (χ3v) is 5.30. The minimum atomic E-state index is -0.828. The first-order chi connectivity index (χ1) is 16.2. The van der Waals surface area contributed by atoms with E-state index in [0.29, 0.717) is 5.56 Å². The Labute approximate surface area is 191 Å². The van der Waals surface area contributed by atoms with Crippen LogP contribution in [-0.4, -0.2) is 27.6 Å². The lowest BCUT2D eigenvalue weighted by molar-refractivity contribution is -0.385. The molecule has 3 aromatic carbocycles. The van der Waals surface area contributed by atoms with E-state index in [-0.39, 0.29) is 45.9 Å². The summed E-state index contributed by atoms with van der Waals surface area (Å²) in [6.45, 7) is 1.19. The average molecular weight is 461 g/mol. The smallest absolute Gasteiger partial charge is 0.338 e. The molecular weight excluding hydrogens is 446 g/mol. The molecule has 0 atom stereocenters. The summed E-state index contributed by atoms with van der Waals surface area (Å²) in [6.07, 6.45) is 0. The summed E-state index contributed by atoms with van der Waals surface area (Å²) in [7, 11) is 0. The number of carbonyl (C=O) groups is 3. The van der Waals surface area contributed by atoms with Gasteiger partial charge in [0.25, 0.3) is 23.2 Å². The van der Waals surface area contributed by atoms with E-state index in [1.54, 1.807) is 6.07 Å². The second kappa shape index (κ2) is 8.54. The van der Waals surface area contributed by atoms with Crippen LogP contribution in [0.4, 0.5) is 17.1 Å². The first-order valence-electron chi connectivity index (χ1n) is 9.86. The first-order valence-corrected chi connectivity index (χ1v) is 9.86. The van der Waals surface area contributed by atoms with E-state index in [4.69, 9.17) is 4.74 Å². The van der Waals surface area contributed by atoms with Crippen LogP contribution >= 0.6 is 0 Å². The van der Waals surface area contributed by atoms with Crippen molar-refractivity contribution in [1.82, 2.24) is 0 Å². The van der Waals surface area contributed by atoms with E-state index < -0.39 is 27.6 Å². The van der Waals surface area contributed by atoms with Crippen molar-refractivity contribution in [2.24, 2.45) is 0 Å². The minimum Gasteiger partial charge on any atom is -0.457 e. The molecule has 0 fully saturated rings. The Morgan fingerprint density at radius 3 is 2.29 bits per heavy atom. The molecule has 0 radical (unpaired) electrons. The van der Waals surface area contributed by atoms with Gasteiger partial charge in [-0.1, -0.05) is 12.1 Å². The minimum absolute atomic E-state index is 0.0132. The van der Waals surface area contributed by atoms with Gasteiger partial charge in [0.2, 0.25) is 0 Å². The summed E-state index contributed by atoms with van der Waals surface area (Å²) in [6, 6.07) is 13.4. The van der Waals surface area contributed by atoms with Crippen LogP contribution in [0.2, 0.25) is 0 Å². The van der Waals surface area contributed by atoms with Crippen molar-refractivity contribution in [2.45, 2.75) is 13.5 Å². The molecule has 11 nitrogen and oxygen atoms in total. The third kappa shape index (κ3) is 3.86. The number of non-ortho nitro benzene ring substituents is 1. The number of benzene rings is 3. The Morgan fingerprint density at radius 2 is 1.62 bits per heavy atom. The molecule has 0 saturated heterocycles. The maximum atomic E-state index is 13.0. The fraction of sp³-hybridized carbons (Fsp3) is 0.0870. The molecule has 0 spiro atoms. The molecule has 1 heterocycles. The number of imide groups is 1. The van der Waals surface area contributed by atoms with Crippen LogP contribution in [-0.2, 0) is 11.3 Å². The van der Waals surface area contributed by atoms with E-state index in [9.17, 15) is 34.6 Å². The number of fused-ring (bicyclic) bond motifs is 1. The molecule has 11 heteroatoms. The summed E-state index contributed by atoms with van der Waals surface area (Å²) in [5.41, 5.74) is 0.403. The Morgan fingerprint density at radius 1 is 0.912 bits per heavy atom. The number of hydrogen-bond donors (Lipinski definition) is 0. The van der Waals surface area contributed by atoms with Gasteiger partial charge in [0, 0.05) is 18.2 Å². The monoisotopic (exact) mass is 461 g/mol. The number of nitro groups is 2. The molecule has 4 rings (SSSR count). The van der Waals surface area contributed by atoms with Gasteiger partial charge < -0.3 is 4.74 Å². The van der Waals surface area contributed by atoms with Gasteiger partial charge in [-0.15, -0.1) is 0 Å². The van der Waals surface area contributed by atoms with E-state index in [0.717, 1.165) is 4.90 Å². The van der Waals surface area contributed by atoms with Crippen molar-refractivity contribution in [2.75, 3.05) is 4.90 Å². The van der Waals surface area contributed by atoms with E-state index in [1.165, 1.54) is 61.5 Å². The normalized spacial score (nSPS) is 12.4. The molecule has 3 aromatic rings. The van der Waals surface area contributed by atoms with Crippen LogP contribution in [0.15, 0.2) is 60.7 Å². The van der Waals surface area contributed by atoms with Crippen molar-refractivity contribution in [3.05, 3.63) is 109 Å². The summed E-state index contributed by atoms with van der Waals surface area (Å²) < 4.78 is 5.18. The highest BCUT2D eigenvalue weighted by atomic mass is 16.6. The molecule has 1 aliphatic heterocycles. The Bertz CT molecular complexity index is 1400. The maximum Gasteiger partial charge on any atom is 0.338 e. The maximum absolute atomic E-state index is 13.0. The van der Waals surface area contributed by atoms with Crippen molar-refractivity contribution in [3.63, 3.8) is 0 Å². The standard InChI is InChI=1S/C23H15N3O8/c1-13-10-16(25(30)31)7-9-19(13)24-21(27)17-8-6-14(11-18(17)22(24)28)23(29)34-12-15-4-2-3-5-20(15)26(32)33/h2-11H,12H2,1H3. The Balaban J connectivity index is 1.57. The second-order valence-electron chi connectivity index (χ2n) is 7.40. The number of anilines is 1. The molecule has 1 aliphatic rings. The highest BCUT2D eigenvalue weighted by Crippen LogP contribution is 2.33. The van der Waals surface area contributed by atoms with Gasteiger partial charge in [0.15, 0.2) is 0 Å². The van der Waals surface area contributed by atoms with Gasteiger partial charge in [-0.3, -0.25) is 29.8 Å². The predicted molar refractivity (Wildman–Crippen MR) is 118 cm³/mol. The predicted octanol–water partition coefficient (Wildman–Crippen LogP) is 3.97. The first kappa shape index (κ1) is 22.3. The van der Waals surface area contributed by atoms with E-state index in [1.807, 2.05) is 0 Å².